The smallest absolute Gasteiger partial charge is 0.430 e. The van der Waals surface area contributed by atoms with E-state index in [0.29, 0.717) is 15.6 Å². The van der Waals surface area contributed by atoms with Crippen LogP contribution in [0.3, 0.4) is 0 Å². The number of carbonyl (C=O) groups excluding carboxylic acids is 3. The summed E-state index contributed by atoms with van der Waals surface area (Å²) >= 11 is 0. The number of imide groups is 1. The van der Waals surface area contributed by atoms with Crippen molar-refractivity contribution in [2.45, 2.75) is 31.2 Å². The minimum atomic E-state index is -1.55. The Bertz CT molecular complexity index is 1560. The molecule has 3 amide bonds. The zero-order chi connectivity index (χ0) is 27.1. The Labute approximate surface area is 223 Å². The van der Waals surface area contributed by atoms with Gasteiger partial charge < -0.3 is 14.8 Å². The van der Waals surface area contributed by atoms with Gasteiger partial charge in [0.05, 0.1) is 0 Å². The van der Waals surface area contributed by atoms with Gasteiger partial charge in [0.1, 0.15) is 6.61 Å². The Kier molecular flexibility index (Phi) is 6.11. The van der Waals surface area contributed by atoms with Crippen LogP contribution in [-0.4, -0.2) is 56.6 Å². The first-order valence-corrected chi connectivity index (χ1v) is 12.7. The van der Waals surface area contributed by atoms with Crippen LogP contribution in [0.25, 0.3) is 22.0 Å². The number of ether oxygens (including phenoxy) is 1. The topological polar surface area (TPSA) is 120 Å². The second-order valence-corrected chi connectivity index (χ2v) is 9.67. The SMILES string of the molecule is O=C(O)[C@H](Cc1c[nH]c2ccccc12)N(C(=O)OCC1c2ccccc2-c2ccccc21)N1C(=O)CCC1=O. The first-order valence-electron chi connectivity index (χ1n) is 12.7. The van der Waals surface area contributed by atoms with Crippen LogP contribution in [0.5, 0.6) is 0 Å². The van der Waals surface area contributed by atoms with Crippen LogP contribution in [-0.2, 0) is 25.5 Å². The molecule has 39 heavy (non-hydrogen) atoms. The molecular weight excluding hydrogens is 498 g/mol. The van der Waals surface area contributed by atoms with Crippen LogP contribution < -0.4 is 0 Å². The van der Waals surface area contributed by atoms with Crippen molar-refractivity contribution < 1.29 is 29.0 Å². The maximum atomic E-state index is 13.6. The Balaban J connectivity index is 1.32. The number of nitrogens with one attached hydrogen (secondary N) is 1. The lowest BCUT2D eigenvalue weighted by molar-refractivity contribution is -0.164. The summed E-state index contributed by atoms with van der Waals surface area (Å²) < 4.78 is 5.72. The van der Waals surface area contributed by atoms with Crippen LogP contribution in [0.4, 0.5) is 4.79 Å². The molecule has 1 saturated heterocycles. The summed E-state index contributed by atoms with van der Waals surface area (Å²) in [7, 11) is 0. The average Bonchev–Trinajstić information content (AvgIpc) is 3.61. The van der Waals surface area contributed by atoms with E-state index in [1.54, 1.807) is 6.20 Å². The van der Waals surface area contributed by atoms with Crippen molar-refractivity contribution in [1.82, 2.24) is 15.0 Å². The number of aromatic nitrogens is 1. The largest absolute Gasteiger partial charge is 0.480 e. The number of rotatable bonds is 7. The molecule has 2 N–H and O–H groups in total. The van der Waals surface area contributed by atoms with Crippen LogP contribution in [0.1, 0.15) is 35.4 Å². The van der Waals surface area contributed by atoms with Crippen LogP contribution >= 0.6 is 0 Å². The van der Waals surface area contributed by atoms with Crippen molar-refractivity contribution in [3.05, 3.63) is 95.7 Å². The number of hydrogen-bond donors (Lipinski definition) is 2. The second-order valence-electron chi connectivity index (χ2n) is 9.67. The van der Waals surface area contributed by atoms with Crippen LogP contribution in [0.15, 0.2) is 79.0 Å². The number of amides is 3. The summed E-state index contributed by atoms with van der Waals surface area (Å²) in [6.07, 6.45) is 0.259. The van der Waals surface area contributed by atoms with Crippen molar-refractivity contribution in [2.24, 2.45) is 0 Å². The van der Waals surface area contributed by atoms with Gasteiger partial charge in [-0.05, 0) is 33.9 Å². The van der Waals surface area contributed by atoms with Crippen molar-refractivity contribution in [3.63, 3.8) is 0 Å². The van der Waals surface area contributed by atoms with Gasteiger partial charge in [-0.15, -0.1) is 0 Å². The maximum Gasteiger partial charge on any atom is 0.430 e. The minimum absolute atomic E-state index is 0.0843. The normalized spacial score (nSPS) is 15.3. The lowest BCUT2D eigenvalue weighted by atomic mass is 9.98. The molecule has 0 saturated carbocycles. The van der Waals surface area contributed by atoms with Gasteiger partial charge in [0, 0.05) is 42.3 Å². The van der Waals surface area contributed by atoms with Gasteiger partial charge in [-0.25, -0.2) is 9.59 Å². The molecule has 0 spiro atoms. The third-order valence-corrected chi connectivity index (χ3v) is 7.43. The minimum Gasteiger partial charge on any atom is -0.480 e. The molecule has 1 atom stereocenters. The van der Waals surface area contributed by atoms with E-state index in [0.717, 1.165) is 33.2 Å². The van der Waals surface area contributed by atoms with E-state index in [9.17, 15) is 24.3 Å². The summed E-state index contributed by atoms with van der Waals surface area (Å²) in [6, 6.07) is 21.5. The Morgan fingerprint density at radius 3 is 2.15 bits per heavy atom. The summed E-state index contributed by atoms with van der Waals surface area (Å²) in [6.45, 7) is -0.0843. The molecule has 1 aliphatic carbocycles. The number of aliphatic carboxylic acids is 1. The quantitative estimate of drug-likeness (QED) is 0.345. The second kappa shape index (κ2) is 9.75. The standard InChI is InChI=1S/C30H25N3O6/c34-27-13-14-28(35)33(27)32(26(29(36)37)15-18-16-31-25-12-6-5-7-19(18)25)30(38)39-17-24-22-10-3-1-8-20(22)21-9-2-4-11-23(21)24/h1-12,16,24,26,31H,13-15,17H2,(H,36,37)/t26-/m0/s1. The third-order valence-electron chi connectivity index (χ3n) is 7.43. The summed E-state index contributed by atoms with van der Waals surface area (Å²) in [5.41, 5.74) is 5.49. The van der Waals surface area contributed by atoms with Crippen molar-refractivity contribution in [1.29, 1.82) is 0 Å². The molecule has 2 heterocycles. The lowest BCUT2D eigenvalue weighted by Gasteiger charge is -2.34. The highest BCUT2D eigenvalue weighted by Crippen LogP contribution is 2.44. The number of benzene rings is 3. The molecule has 1 aliphatic heterocycles. The average molecular weight is 524 g/mol. The molecule has 1 aromatic heterocycles. The van der Waals surface area contributed by atoms with E-state index < -0.39 is 29.9 Å². The van der Waals surface area contributed by atoms with Gasteiger partial charge >= 0.3 is 12.1 Å². The lowest BCUT2D eigenvalue weighted by Crippen LogP contribution is -2.57. The summed E-state index contributed by atoms with van der Waals surface area (Å²) in [5, 5.41) is 12.3. The number of hydrogen-bond acceptors (Lipinski definition) is 5. The van der Waals surface area contributed by atoms with Gasteiger partial charge in [-0.2, -0.15) is 10.0 Å². The summed E-state index contributed by atoms with van der Waals surface area (Å²) in [4.78, 5) is 54.7. The van der Waals surface area contributed by atoms with Gasteiger partial charge in [0.25, 0.3) is 0 Å². The predicted molar refractivity (Wildman–Crippen MR) is 141 cm³/mol. The fourth-order valence-corrected chi connectivity index (χ4v) is 5.60. The van der Waals surface area contributed by atoms with E-state index >= 15 is 0 Å². The molecule has 1 fully saturated rings. The van der Waals surface area contributed by atoms with Crippen molar-refractivity contribution in [2.75, 3.05) is 6.61 Å². The molecule has 3 aromatic carbocycles. The van der Waals surface area contributed by atoms with Crippen LogP contribution in [0.2, 0.25) is 0 Å². The predicted octanol–water partition coefficient (Wildman–Crippen LogP) is 4.48. The zero-order valence-corrected chi connectivity index (χ0v) is 20.9. The highest BCUT2D eigenvalue weighted by atomic mass is 16.6. The molecule has 9 heteroatoms. The molecule has 0 bridgehead atoms. The van der Waals surface area contributed by atoms with E-state index in [-0.39, 0.29) is 31.8 Å². The number of hydrazine groups is 1. The molecule has 6 rings (SSSR count). The monoisotopic (exact) mass is 523 g/mol. The van der Waals surface area contributed by atoms with Crippen molar-refractivity contribution >= 4 is 34.8 Å². The van der Waals surface area contributed by atoms with Gasteiger partial charge in [0.15, 0.2) is 6.04 Å². The van der Waals surface area contributed by atoms with Gasteiger partial charge in [-0.3, -0.25) is 9.59 Å². The molecule has 196 valence electrons. The summed E-state index contributed by atoms with van der Waals surface area (Å²) in [5.74, 6) is -2.91. The Morgan fingerprint density at radius 2 is 1.51 bits per heavy atom. The number of aromatic amines is 1. The number of carboxylic acids is 1. The van der Waals surface area contributed by atoms with Crippen molar-refractivity contribution in [3.8, 4) is 11.1 Å². The molecule has 2 aliphatic rings. The molecule has 0 radical (unpaired) electrons. The van der Waals surface area contributed by atoms with E-state index in [1.165, 1.54) is 0 Å². The fourth-order valence-electron chi connectivity index (χ4n) is 5.60. The Morgan fingerprint density at radius 1 is 0.923 bits per heavy atom. The van der Waals surface area contributed by atoms with Gasteiger partial charge in [-0.1, -0.05) is 66.7 Å². The highest BCUT2D eigenvalue weighted by Gasteiger charge is 2.44. The van der Waals surface area contributed by atoms with Gasteiger partial charge in [0.2, 0.25) is 11.8 Å². The maximum absolute atomic E-state index is 13.6. The fraction of sp³-hybridized carbons (Fsp3) is 0.200. The highest BCUT2D eigenvalue weighted by molar-refractivity contribution is 6.03. The number of carbonyl (C=O) groups is 4. The number of fused-ring (bicyclic) bond motifs is 4. The molecular formula is C30H25N3O6. The number of nitrogens with zero attached hydrogens (tertiary/aromatic N) is 2. The van der Waals surface area contributed by atoms with E-state index in [2.05, 4.69) is 4.98 Å². The molecule has 4 aromatic rings. The Hall–Kier alpha value is -4.92. The van der Waals surface area contributed by atoms with E-state index in [1.807, 2.05) is 72.8 Å². The molecule has 0 unspecified atom stereocenters. The first kappa shape index (κ1) is 24.4. The number of H-pyrrole nitrogens is 1. The molecule has 9 nitrogen and oxygen atoms in total. The zero-order valence-electron chi connectivity index (χ0n) is 20.9. The van der Waals surface area contributed by atoms with Crippen LogP contribution in [0, 0.1) is 0 Å². The third kappa shape index (κ3) is 4.21. The number of carboxylic acid groups (broad SMARTS) is 1. The van der Waals surface area contributed by atoms with E-state index in [4.69, 9.17) is 4.74 Å². The number of para-hydroxylation sites is 1. The first-order chi connectivity index (χ1) is 18.9.